The second kappa shape index (κ2) is 8.08. The van der Waals surface area contributed by atoms with Crippen LogP contribution in [0.15, 0.2) is 35.5 Å². The smallest absolute Gasteiger partial charge is 0.416 e. The molecule has 9 heteroatoms. The van der Waals surface area contributed by atoms with Gasteiger partial charge in [0.15, 0.2) is 5.11 Å². The number of carbonyl (C=O) groups is 2. The van der Waals surface area contributed by atoms with Gasteiger partial charge in [0.05, 0.1) is 23.8 Å². The van der Waals surface area contributed by atoms with Crippen LogP contribution in [0.5, 0.6) is 0 Å². The maximum Gasteiger partial charge on any atom is 0.416 e. The summed E-state index contributed by atoms with van der Waals surface area (Å²) >= 11 is 5.14. The molecule has 1 atom stereocenters. The molecule has 1 heterocycles. The number of halogens is 3. The fraction of sp³-hybridized carbons (Fsp3) is 0.389. The molecule has 0 saturated heterocycles. The standard InChI is InChI=1S/C18H19F3N2O3S/c1-4-26-16(25)15(24)12-13(9(2)3)22-17(27)23-14(12)10-6-5-7-11(8-10)18(19,20)21/h5-9,14H,4H2,1-3H3,(H2,22,23,27)/t14-/m0/s1. The van der Waals surface area contributed by atoms with Gasteiger partial charge in [-0.05, 0) is 42.8 Å². The molecule has 0 unspecified atom stereocenters. The average Bonchev–Trinajstić information content (AvgIpc) is 2.60. The summed E-state index contributed by atoms with van der Waals surface area (Å²) in [6.07, 6.45) is -4.54. The Balaban J connectivity index is 2.61. The molecule has 0 aliphatic carbocycles. The summed E-state index contributed by atoms with van der Waals surface area (Å²) in [6.45, 7) is 5.11. The molecule has 1 aliphatic heterocycles. The zero-order chi connectivity index (χ0) is 20.4. The minimum atomic E-state index is -4.54. The molecular formula is C18H19F3N2O3S. The van der Waals surface area contributed by atoms with E-state index in [1.165, 1.54) is 12.1 Å². The van der Waals surface area contributed by atoms with E-state index in [0.29, 0.717) is 5.70 Å². The van der Waals surface area contributed by atoms with E-state index in [0.717, 1.165) is 12.1 Å². The van der Waals surface area contributed by atoms with Crippen LogP contribution in [0.4, 0.5) is 13.2 Å². The summed E-state index contributed by atoms with van der Waals surface area (Å²) in [7, 11) is 0. The maximum atomic E-state index is 13.1. The van der Waals surface area contributed by atoms with Crippen molar-refractivity contribution in [3.63, 3.8) is 0 Å². The molecule has 2 N–H and O–H groups in total. The quantitative estimate of drug-likeness (QED) is 0.449. The number of carbonyl (C=O) groups excluding carboxylic acids is 2. The lowest BCUT2D eigenvalue weighted by atomic mass is 9.88. The van der Waals surface area contributed by atoms with E-state index in [9.17, 15) is 22.8 Å². The van der Waals surface area contributed by atoms with Crippen molar-refractivity contribution in [2.24, 2.45) is 5.92 Å². The first-order valence-electron chi connectivity index (χ1n) is 8.26. The number of Topliss-reactive ketones (excluding diaryl/α,β-unsaturated/α-hetero) is 1. The van der Waals surface area contributed by atoms with Gasteiger partial charge >= 0.3 is 12.1 Å². The SMILES string of the molecule is CCOC(=O)C(=O)C1=C(C(C)C)NC(=S)N[C@H]1c1cccc(C(F)(F)F)c1. The van der Waals surface area contributed by atoms with Crippen LogP contribution in [0.3, 0.4) is 0 Å². The molecule has 5 nitrogen and oxygen atoms in total. The zero-order valence-corrected chi connectivity index (χ0v) is 15.8. The van der Waals surface area contributed by atoms with Crippen molar-refractivity contribution in [1.82, 2.24) is 10.6 Å². The summed E-state index contributed by atoms with van der Waals surface area (Å²) < 4.78 is 44.1. The first kappa shape index (κ1) is 20.9. The second-order valence-corrected chi connectivity index (χ2v) is 6.59. The van der Waals surface area contributed by atoms with Crippen molar-refractivity contribution in [3.8, 4) is 0 Å². The van der Waals surface area contributed by atoms with Gasteiger partial charge in [-0.15, -0.1) is 0 Å². The van der Waals surface area contributed by atoms with Crippen LogP contribution < -0.4 is 10.6 Å². The summed E-state index contributed by atoms with van der Waals surface area (Å²) in [4.78, 5) is 24.7. The van der Waals surface area contributed by atoms with Crippen molar-refractivity contribution >= 4 is 29.1 Å². The number of rotatable bonds is 5. The number of nitrogens with one attached hydrogen (secondary N) is 2. The maximum absolute atomic E-state index is 13.1. The van der Waals surface area contributed by atoms with E-state index < -0.39 is 29.5 Å². The van der Waals surface area contributed by atoms with Crippen LogP contribution in [0, 0.1) is 5.92 Å². The van der Waals surface area contributed by atoms with Crippen molar-refractivity contribution in [3.05, 3.63) is 46.7 Å². The zero-order valence-electron chi connectivity index (χ0n) is 14.9. The van der Waals surface area contributed by atoms with Gasteiger partial charge in [0.1, 0.15) is 0 Å². The van der Waals surface area contributed by atoms with Gasteiger partial charge in [0.25, 0.3) is 5.78 Å². The summed E-state index contributed by atoms with van der Waals surface area (Å²) in [5, 5.41) is 5.78. The number of ether oxygens (including phenoxy) is 1. The molecule has 0 aromatic heterocycles. The lowest BCUT2D eigenvalue weighted by Crippen LogP contribution is -2.47. The van der Waals surface area contributed by atoms with Gasteiger partial charge < -0.3 is 15.4 Å². The van der Waals surface area contributed by atoms with Gasteiger partial charge in [0.2, 0.25) is 0 Å². The molecule has 0 saturated carbocycles. The Bertz CT molecular complexity index is 803. The minimum Gasteiger partial charge on any atom is -0.460 e. The van der Waals surface area contributed by atoms with Gasteiger partial charge in [0, 0.05) is 5.70 Å². The molecule has 0 amide bonds. The summed E-state index contributed by atoms with van der Waals surface area (Å²) in [5.74, 6) is -2.23. The predicted octanol–water partition coefficient (Wildman–Crippen LogP) is 3.27. The van der Waals surface area contributed by atoms with Crippen LogP contribution in [0.2, 0.25) is 0 Å². The first-order chi connectivity index (χ1) is 12.6. The molecule has 0 spiro atoms. The monoisotopic (exact) mass is 400 g/mol. The molecular weight excluding hydrogens is 381 g/mol. The van der Waals surface area contributed by atoms with E-state index in [1.54, 1.807) is 20.8 Å². The molecule has 0 radical (unpaired) electrons. The number of hydrogen-bond acceptors (Lipinski definition) is 4. The Hall–Kier alpha value is -2.42. The topological polar surface area (TPSA) is 67.4 Å². The normalized spacial score (nSPS) is 17.4. The van der Waals surface area contributed by atoms with E-state index >= 15 is 0 Å². The molecule has 1 aromatic carbocycles. The van der Waals surface area contributed by atoms with E-state index in [1.807, 2.05) is 0 Å². The highest BCUT2D eigenvalue weighted by Gasteiger charge is 2.37. The second-order valence-electron chi connectivity index (χ2n) is 6.19. The average molecular weight is 400 g/mol. The Morgan fingerprint density at radius 1 is 1.30 bits per heavy atom. The number of ketones is 1. The summed E-state index contributed by atoms with van der Waals surface area (Å²) in [6, 6.07) is 3.55. The van der Waals surface area contributed by atoms with Gasteiger partial charge in [-0.2, -0.15) is 13.2 Å². The Labute approximate surface area is 160 Å². The van der Waals surface area contributed by atoms with E-state index in [2.05, 4.69) is 10.6 Å². The van der Waals surface area contributed by atoms with Crippen molar-refractivity contribution < 1.29 is 27.5 Å². The summed E-state index contributed by atoms with van der Waals surface area (Å²) in [5.41, 5.74) is -0.324. The van der Waals surface area contributed by atoms with Crippen LogP contribution in [-0.2, 0) is 20.5 Å². The van der Waals surface area contributed by atoms with Gasteiger partial charge in [-0.3, -0.25) is 4.79 Å². The lowest BCUT2D eigenvalue weighted by molar-refractivity contribution is -0.152. The molecule has 0 fully saturated rings. The third-order valence-electron chi connectivity index (χ3n) is 3.93. The number of esters is 1. The van der Waals surface area contributed by atoms with Gasteiger partial charge in [-0.1, -0.05) is 26.0 Å². The lowest BCUT2D eigenvalue weighted by Gasteiger charge is -2.32. The Kier molecular flexibility index (Phi) is 6.25. The van der Waals surface area contributed by atoms with Crippen LogP contribution in [-0.4, -0.2) is 23.5 Å². The Morgan fingerprint density at radius 3 is 2.52 bits per heavy atom. The number of thiocarbonyl (C=S) groups is 1. The Morgan fingerprint density at radius 2 is 1.96 bits per heavy atom. The first-order valence-corrected chi connectivity index (χ1v) is 8.67. The highest BCUT2D eigenvalue weighted by molar-refractivity contribution is 7.80. The number of benzene rings is 1. The van der Waals surface area contributed by atoms with Crippen LogP contribution >= 0.6 is 12.2 Å². The van der Waals surface area contributed by atoms with Gasteiger partial charge in [-0.25, -0.2) is 4.79 Å². The molecule has 27 heavy (non-hydrogen) atoms. The number of alkyl halides is 3. The molecule has 0 bridgehead atoms. The minimum absolute atomic E-state index is 0.00234. The highest BCUT2D eigenvalue weighted by atomic mass is 32.1. The van der Waals surface area contributed by atoms with Crippen molar-refractivity contribution in [2.75, 3.05) is 6.61 Å². The molecule has 1 aliphatic rings. The van der Waals surface area contributed by atoms with E-state index in [4.69, 9.17) is 17.0 Å². The van der Waals surface area contributed by atoms with Crippen LogP contribution in [0.25, 0.3) is 0 Å². The highest BCUT2D eigenvalue weighted by Crippen LogP contribution is 2.34. The molecule has 2 rings (SSSR count). The fourth-order valence-corrected chi connectivity index (χ4v) is 2.97. The van der Waals surface area contributed by atoms with E-state index in [-0.39, 0.29) is 28.8 Å². The molecule has 146 valence electrons. The molecule has 1 aromatic rings. The number of hydrogen-bond donors (Lipinski definition) is 2. The fourth-order valence-electron chi connectivity index (χ4n) is 2.74. The third kappa shape index (κ3) is 4.65. The predicted molar refractivity (Wildman–Crippen MR) is 96.6 cm³/mol. The largest absolute Gasteiger partial charge is 0.460 e. The van der Waals surface area contributed by atoms with Crippen LogP contribution in [0.1, 0.15) is 37.9 Å². The third-order valence-corrected chi connectivity index (χ3v) is 4.15. The van der Waals surface area contributed by atoms with Crippen molar-refractivity contribution in [2.45, 2.75) is 33.0 Å². The van der Waals surface area contributed by atoms with Crippen molar-refractivity contribution in [1.29, 1.82) is 0 Å². The number of allylic oxidation sites excluding steroid dienone is 1.